The van der Waals surface area contributed by atoms with E-state index in [1.807, 2.05) is 0 Å². The first-order valence-corrected chi connectivity index (χ1v) is 6.47. The van der Waals surface area contributed by atoms with E-state index in [4.69, 9.17) is 10.5 Å². The summed E-state index contributed by atoms with van der Waals surface area (Å²) in [6.45, 7) is 6.05. The third-order valence-electron chi connectivity index (χ3n) is 3.11. The molecule has 1 heterocycles. The van der Waals surface area contributed by atoms with Crippen LogP contribution in [0.4, 0.5) is 0 Å². The number of ether oxygens (including phenoxy) is 1. The Labute approximate surface area is 104 Å². The molecular weight excluding hydrogens is 212 g/mol. The summed E-state index contributed by atoms with van der Waals surface area (Å²) in [5.41, 5.74) is 7.23. The zero-order chi connectivity index (χ0) is 12.1. The Morgan fingerprint density at radius 1 is 1.35 bits per heavy atom. The van der Waals surface area contributed by atoms with E-state index >= 15 is 0 Å². The van der Waals surface area contributed by atoms with E-state index in [0.717, 1.165) is 44.8 Å². The van der Waals surface area contributed by atoms with Crippen LogP contribution < -0.4 is 10.5 Å². The number of hydrogen-bond acceptors (Lipinski definition) is 3. The van der Waals surface area contributed by atoms with E-state index in [9.17, 15) is 0 Å². The highest BCUT2D eigenvalue weighted by molar-refractivity contribution is 5.27. The molecule has 1 fully saturated rings. The smallest absolute Gasteiger partial charge is 0.119 e. The van der Waals surface area contributed by atoms with Crippen LogP contribution in [0.5, 0.6) is 5.75 Å². The van der Waals surface area contributed by atoms with Crippen LogP contribution in [0.1, 0.15) is 25.3 Å². The predicted molar refractivity (Wildman–Crippen MR) is 70.1 cm³/mol. The van der Waals surface area contributed by atoms with Gasteiger partial charge in [0.2, 0.25) is 0 Å². The molecule has 0 saturated carbocycles. The first kappa shape index (κ1) is 12.4. The van der Waals surface area contributed by atoms with Gasteiger partial charge in [-0.15, -0.1) is 0 Å². The molecule has 0 radical (unpaired) electrons. The molecule has 1 aliphatic rings. The van der Waals surface area contributed by atoms with Crippen LogP contribution in [-0.4, -0.2) is 30.6 Å². The molecule has 2 N–H and O–H groups in total. The SMILES string of the molecule is CCCOc1ccc(CN2CCC(N)C2)cc1. The van der Waals surface area contributed by atoms with Crippen LogP contribution in [0.3, 0.4) is 0 Å². The first-order valence-electron chi connectivity index (χ1n) is 6.47. The van der Waals surface area contributed by atoms with Gasteiger partial charge in [0.05, 0.1) is 6.61 Å². The van der Waals surface area contributed by atoms with E-state index in [-0.39, 0.29) is 0 Å². The van der Waals surface area contributed by atoms with Crippen molar-refractivity contribution >= 4 is 0 Å². The number of rotatable bonds is 5. The number of nitrogens with two attached hydrogens (primary N) is 1. The topological polar surface area (TPSA) is 38.5 Å². The van der Waals surface area contributed by atoms with Gasteiger partial charge in [-0.1, -0.05) is 19.1 Å². The van der Waals surface area contributed by atoms with Gasteiger partial charge < -0.3 is 10.5 Å². The van der Waals surface area contributed by atoms with Crippen molar-refractivity contribution in [3.8, 4) is 5.75 Å². The van der Waals surface area contributed by atoms with Crippen molar-refractivity contribution in [2.75, 3.05) is 19.7 Å². The summed E-state index contributed by atoms with van der Waals surface area (Å²) in [5, 5.41) is 0. The van der Waals surface area contributed by atoms with Crippen molar-refractivity contribution < 1.29 is 4.74 Å². The number of likely N-dealkylation sites (tertiary alicyclic amines) is 1. The van der Waals surface area contributed by atoms with Crippen molar-refractivity contribution in [2.24, 2.45) is 5.73 Å². The summed E-state index contributed by atoms with van der Waals surface area (Å²) >= 11 is 0. The van der Waals surface area contributed by atoms with E-state index < -0.39 is 0 Å². The van der Waals surface area contributed by atoms with Crippen molar-refractivity contribution in [1.82, 2.24) is 4.90 Å². The lowest BCUT2D eigenvalue weighted by molar-refractivity contribution is 0.315. The number of hydrogen-bond donors (Lipinski definition) is 1. The van der Waals surface area contributed by atoms with E-state index in [0.29, 0.717) is 6.04 Å². The summed E-state index contributed by atoms with van der Waals surface area (Å²) < 4.78 is 5.56. The molecule has 94 valence electrons. The minimum Gasteiger partial charge on any atom is -0.494 e. The third-order valence-corrected chi connectivity index (χ3v) is 3.11. The normalized spacial score (nSPS) is 20.7. The van der Waals surface area contributed by atoms with Gasteiger partial charge >= 0.3 is 0 Å². The lowest BCUT2D eigenvalue weighted by Crippen LogP contribution is -2.26. The van der Waals surface area contributed by atoms with Gasteiger partial charge in [0, 0.05) is 25.7 Å². The van der Waals surface area contributed by atoms with Gasteiger partial charge in [-0.3, -0.25) is 4.90 Å². The Morgan fingerprint density at radius 2 is 2.12 bits per heavy atom. The van der Waals surface area contributed by atoms with Gasteiger partial charge in [0.25, 0.3) is 0 Å². The Bertz CT molecular complexity index is 337. The lowest BCUT2D eigenvalue weighted by Gasteiger charge is -2.15. The van der Waals surface area contributed by atoms with E-state index in [1.165, 1.54) is 5.56 Å². The molecule has 1 aliphatic heterocycles. The molecule has 0 aliphatic carbocycles. The second kappa shape index (κ2) is 6.03. The Morgan fingerprint density at radius 3 is 2.71 bits per heavy atom. The van der Waals surface area contributed by atoms with E-state index in [1.54, 1.807) is 0 Å². The standard InChI is InChI=1S/C14H22N2O/c1-2-9-17-14-5-3-12(4-6-14)10-16-8-7-13(15)11-16/h3-6,13H,2,7-11,15H2,1H3. The highest BCUT2D eigenvalue weighted by atomic mass is 16.5. The number of benzene rings is 1. The molecule has 1 saturated heterocycles. The van der Waals surface area contributed by atoms with Crippen LogP contribution in [0, 0.1) is 0 Å². The minimum atomic E-state index is 0.363. The van der Waals surface area contributed by atoms with Crippen molar-refractivity contribution in [3.63, 3.8) is 0 Å². The molecule has 0 bridgehead atoms. The van der Waals surface area contributed by atoms with Gasteiger partial charge in [0.15, 0.2) is 0 Å². The quantitative estimate of drug-likeness (QED) is 0.847. The van der Waals surface area contributed by atoms with Crippen molar-refractivity contribution in [3.05, 3.63) is 29.8 Å². The fourth-order valence-electron chi connectivity index (χ4n) is 2.18. The molecule has 1 atom stereocenters. The maximum Gasteiger partial charge on any atom is 0.119 e. The minimum absolute atomic E-state index is 0.363. The summed E-state index contributed by atoms with van der Waals surface area (Å²) in [5.74, 6) is 0.966. The number of nitrogens with zero attached hydrogens (tertiary/aromatic N) is 1. The third kappa shape index (κ3) is 3.72. The molecular formula is C14H22N2O. The van der Waals surface area contributed by atoms with Gasteiger partial charge in [-0.25, -0.2) is 0 Å². The molecule has 1 aromatic rings. The summed E-state index contributed by atoms with van der Waals surface area (Å²) in [7, 11) is 0. The van der Waals surface area contributed by atoms with Crippen LogP contribution in [0.2, 0.25) is 0 Å². The Balaban J connectivity index is 1.85. The largest absolute Gasteiger partial charge is 0.494 e. The van der Waals surface area contributed by atoms with Crippen LogP contribution in [-0.2, 0) is 6.54 Å². The van der Waals surface area contributed by atoms with E-state index in [2.05, 4.69) is 36.1 Å². The van der Waals surface area contributed by atoms with Crippen molar-refractivity contribution in [1.29, 1.82) is 0 Å². The molecule has 2 rings (SSSR count). The van der Waals surface area contributed by atoms with Crippen molar-refractivity contribution in [2.45, 2.75) is 32.4 Å². The summed E-state index contributed by atoms with van der Waals surface area (Å²) in [6.07, 6.45) is 2.17. The molecule has 0 spiro atoms. The summed E-state index contributed by atoms with van der Waals surface area (Å²) in [4.78, 5) is 2.41. The molecule has 3 heteroatoms. The van der Waals surface area contributed by atoms with Gasteiger partial charge in [-0.05, 0) is 30.5 Å². The zero-order valence-corrected chi connectivity index (χ0v) is 10.6. The van der Waals surface area contributed by atoms with Crippen LogP contribution in [0.25, 0.3) is 0 Å². The van der Waals surface area contributed by atoms with Crippen LogP contribution in [0.15, 0.2) is 24.3 Å². The monoisotopic (exact) mass is 234 g/mol. The van der Waals surface area contributed by atoms with Crippen LogP contribution >= 0.6 is 0 Å². The fraction of sp³-hybridized carbons (Fsp3) is 0.571. The fourth-order valence-corrected chi connectivity index (χ4v) is 2.18. The second-order valence-electron chi connectivity index (χ2n) is 4.78. The molecule has 1 unspecified atom stereocenters. The van der Waals surface area contributed by atoms with Gasteiger partial charge in [-0.2, -0.15) is 0 Å². The average molecular weight is 234 g/mol. The molecule has 17 heavy (non-hydrogen) atoms. The summed E-state index contributed by atoms with van der Waals surface area (Å²) in [6, 6.07) is 8.77. The maximum absolute atomic E-state index is 5.90. The predicted octanol–water partition coefficient (Wildman–Crippen LogP) is 2.01. The molecule has 0 aromatic heterocycles. The second-order valence-corrected chi connectivity index (χ2v) is 4.78. The molecule has 0 amide bonds. The first-order chi connectivity index (χ1) is 8.28. The molecule has 1 aromatic carbocycles. The van der Waals surface area contributed by atoms with Gasteiger partial charge in [0.1, 0.15) is 5.75 Å². The Kier molecular flexibility index (Phi) is 4.40. The average Bonchev–Trinajstić information content (AvgIpc) is 2.74. The Hall–Kier alpha value is -1.06. The highest BCUT2D eigenvalue weighted by Gasteiger charge is 2.18. The highest BCUT2D eigenvalue weighted by Crippen LogP contribution is 2.16. The molecule has 3 nitrogen and oxygen atoms in total. The zero-order valence-electron chi connectivity index (χ0n) is 10.6. The lowest BCUT2D eigenvalue weighted by atomic mass is 10.2. The maximum atomic E-state index is 5.90.